The summed E-state index contributed by atoms with van der Waals surface area (Å²) in [5, 5.41) is 6.68. The molecule has 0 saturated heterocycles. The van der Waals surface area contributed by atoms with Crippen LogP contribution in [0.1, 0.15) is 37.7 Å². The Hall–Kier alpha value is -2.53. The Morgan fingerprint density at radius 3 is 2.59 bits per heavy atom. The summed E-state index contributed by atoms with van der Waals surface area (Å²) in [4.78, 5) is 20.1. The summed E-state index contributed by atoms with van der Waals surface area (Å²) < 4.78 is 0. The van der Waals surface area contributed by atoms with Crippen molar-refractivity contribution in [2.45, 2.75) is 32.7 Å². The number of nitrogens with zero attached hydrogens (tertiary/aromatic N) is 1. The first kappa shape index (κ1) is 19.2. The molecule has 6 heteroatoms. The van der Waals surface area contributed by atoms with Gasteiger partial charge in [0.2, 0.25) is 0 Å². The zero-order valence-electron chi connectivity index (χ0n) is 15.6. The maximum Gasteiger partial charge on any atom is 0.315 e. The number of hydrogen-bond donors (Lipinski definition) is 3. The third-order valence-electron chi connectivity index (χ3n) is 4.50. The van der Waals surface area contributed by atoms with E-state index < -0.39 is 0 Å². The molecule has 2 amide bonds. The van der Waals surface area contributed by atoms with Gasteiger partial charge in [-0.2, -0.15) is 0 Å². The van der Waals surface area contributed by atoms with Gasteiger partial charge in [-0.15, -0.1) is 0 Å². The average molecular weight is 385 g/mol. The van der Waals surface area contributed by atoms with E-state index in [9.17, 15) is 4.79 Å². The average Bonchev–Trinajstić information content (AvgIpc) is 3.07. The summed E-state index contributed by atoms with van der Waals surface area (Å²) in [6.07, 6.45) is 1.61. The predicted molar refractivity (Wildman–Crippen MR) is 110 cm³/mol. The molecule has 0 bridgehead atoms. The summed E-state index contributed by atoms with van der Waals surface area (Å²) in [6, 6.07) is 15.4. The molecule has 3 N–H and O–H groups in total. The molecule has 1 heterocycles. The number of amides is 2. The van der Waals surface area contributed by atoms with Crippen molar-refractivity contribution in [3.05, 3.63) is 64.9 Å². The fourth-order valence-electron chi connectivity index (χ4n) is 3.08. The number of para-hydroxylation sites is 2. The van der Waals surface area contributed by atoms with E-state index in [4.69, 9.17) is 11.6 Å². The number of aromatic amines is 1. The molecule has 142 valence electrons. The maximum atomic E-state index is 12.3. The van der Waals surface area contributed by atoms with Gasteiger partial charge in [0.1, 0.15) is 5.82 Å². The zero-order valence-corrected chi connectivity index (χ0v) is 16.4. The summed E-state index contributed by atoms with van der Waals surface area (Å²) >= 11 is 5.96. The van der Waals surface area contributed by atoms with Gasteiger partial charge in [0.05, 0.1) is 17.1 Å². The first-order valence-corrected chi connectivity index (χ1v) is 9.64. The highest BCUT2D eigenvalue weighted by Crippen LogP contribution is 2.23. The summed E-state index contributed by atoms with van der Waals surface area (Å²) in [5.41, 5.74) is 3.06. The van der Waals surface area contributed by atoms with Crippen molar-refractivity contribution < 1.29 is 4.79 Å². The molecule has 5 nitrogen and oxygen atoms in total. The van der Waals surface area contributed by atoms with Gasteiger partial charge in [0.25, 0.3) is 0 Å². The van der Waals surface area contributed by atoms with E-state index in [-0.39, 0.29) is 18.0 Å². The monoisotopic (exact) mass is 384 g/mol. The predicted octanol–water partition coefficient (Wildman–Crippen LogP) is 4.85. The van der Waals surface area contributed by atoms with E-state index in [1.807, 2.05) is 48.5 Å². The second kappa shape index (κ2) is 8.91. The molecular formula is C21H25ClN4O. The minimum atomic E-state index is -0.159. The lowest BCUT2D eigenvalue weighted by Gasteiger charge is -2.23. The lowest BCUT2D eigenvalue weighted by molar-refractivity contribution is 0.233. The molecule has 0 aliphatic rings. The van der Waals surface area contributed by atoms with Crippen LogP contribution in [0.2, 0.25) is 5.02 Å². The van der Waals surface area contributed by atoms with Crippen molar-refractivity contribution in [3.8, 4) is 0 Å². The molecule has 1 aromatic heterocycles. The van der Waals surface area contributed by atoms with Crippen LogP contribution in [-0.4, -0.2) is 22.5 Å². The number of halogens is 1. The highest BCUT2D eigenvalue weighted by Gasteiger charge is 2.18. The fraction of sp³-hybridized carbons (Fsp3) is 0.333. The van der Waals surface area contributed by atoms with Gasteiger partial charge in [-0.25, -0.2) is 9.78 Å². The summed E-state index contributed by atoms with van der Waals surface area (Å²) in [7, 11) is 0. The van der Waals surface area contributed by atoms with Crippen LogP contribution in [0.3, 0.4) is 0 Å². The van der Waals surface area contributed by atoms with E-state index in [1.165, 1.54) is 0 Å². The first-order chi connectivity index (χ1) is 13.0. The molecule has 27 heavy (non-hydrogen) atoms. The highest BCUT2D eigenvalue weighted by atomic mass is 35.5. The number of aryl methyl sites for hydroxylation is 1. The van der Waals surface area contributed by atoms with E-state index in [1.54, 1.807) is 0 Å². The molecule has 3 rings (SSSR count). The molecule has 0 saturated carbocycles. The molecular weight excluding hydrogens is 360 g/mol. The second-order valence-corrected chi connectivity index (χ2v) is 7.41. The van der Waals surface area contributed by atoms with Crippen LogP contribution in [0.4, 0.5) is 4.79 Å². The van der Waals surface area contributed by atoms with Gasteiger partial charge in [0, 0.05) is 18.0 Å². The van der Waals surface area contributed by atoms with Crippen LogP contribution in [0.5, 0.6) is 0 Å². The topological polar surface area (TPSA) is 69.8 Å². The van der Waals surface area contributed by atoms with Crippen LogP contribution in [0.15, 0.2) is 48.5 Å². The van der Waals surface area contributed by atoms with Crippen molar-refractivity contribution >= 4 is 28.7 Å². The normalized spacial score (nSPS) is 12.3. The van der Waals surface area contributed by atoms with Crippen molar-refractivity contribution in [2.75, 3.05) is 6.54 Å². The van der Waals surface area contributed by atoms with E-state index in [0.717, 1.165) is 35.3 Å². The Kier molecular flexibility index (Phi) is 6.35. The minimum Gasteiger partial charge on any atom is -0.342 e. The number of H-pyrrole nitrogens is 1. The number of fused-ring (bicyclic) bond motifs is 1. The van der Waals surface area contributed by atoms with Crippen molar-refractivity contribution in [1.82, 2.24) is 20.6 Å². The molecule has 0 radical (unpaired) electrons. The third kappa shape index (κ3) is 5.23. The number of benzene rings is 2. The number of imidazole rings is 1. The van der Waals surface area contributed by atoms with Crippen LogP contribution in [-0.2, 0) is 6.42 Å². The van der Waals surface area contributed by atoms with Crippen LogP contribution < -0.4 is 10.6 Å². The van der Waals surface area contributed by atoms with Gasteiger partial charge < -0.3 is 15.6 Å². The number of hydrogen-bond acceptors (Lipinski definition) is 2. The first-order valence-electron chi connectivity index (χ1n) is 9.26. The number of aromatic nitrogens is 2. The maximum absolute atomic E-state index is 12.3. The smallest absolute Gasteiger partial charge is 0.315 e. The van der Waals surface area contributed by atoms with E-state index >= 15 is 0 Å². The number of nitrogens with one attached hydrogen (secondary N) is 3. The number of rotatable bonds is 7. The van der Waals surface area contributed by atoms with E-state index in [0.29, 0.717) is 11.6 Å². The molecule has 0 aliphatic carbocycles. The zero-order chi connectivity index (χ0) is 19.2. The lowest BCUT2D eigenvalue weighted by atomic mass is 9.96. The Balaban J connectivity index is 1.47. The molecule has 0 spiro atoms. The Morgan fingerprint density at radius 1 is 1.15 bits per heavy atom. The number of carbonyl (C=O) groups excluding carboxylic acids is 1. The van der Waals surface area contributed by atoms with E-state index in [2.05, 4.69) is 34.4 Å². The number of urea groups is 1. The molecule has 0 aliphatic heterocycles. The molecule has 2 aromatic carbocycles. The number of carbonyl (C=O) groups is 1. The van der Waals surface area contributed by atoms with Crippen LogP contribution in [0.25, 0.3) is 11.0 Å². The molecule has 3 aromatic rings. The van der Waals surface area contributed by atoms with Crippen molar-refractivity contribution in [3.63, 3.8) is 0 Å². The van der Waals surface area contributed by atoms with Gasteiger partial charge in [-0.3, -0.25) is 0 Å². The van der Waals surface area contributed by atoms with Gasteiger partial charge in [-0.05, 0) is 42.2 Å². The Bertz CT molecular complexity index is 856. The quantitative estimate of drug-likeness (QED) is 0.510. The molecule has 0 fully saturated rings. The largest absolute Gasteiger partial charge is 0.342 e. The highest BCUT2D eigenvalue weighted by molar-refractivity contribution is 6.30. The molecule has 1 atom stereocenters. The van der Waals surface area contributed by atoms with Gasteiger partial charge >= 0.3 is 6.03 Å². The summed E-state index contributed by atoms with van der Waals surface area (Å²) in [5.74, 6) is 1.21. The van der Waals surface area contributed by atoms with Crippen LogP contribution >= 0.6 is 11.6 Å². The third-order valence-corrected chi connectivity index (χ3v) is 4.75. The fourth-order valence-corrected chi connectivity index (χ4v) is 3.21. The second-order valence-electron chi connectivity index (χ2n) is 6.98. The van der Waals surface area contributed by atoms with Crippen molar-refractivity contribution in [1.29, 1.82) is 0 Å². The Morgan fingerprint density at radius 2 is 1.89 bits per heavy atom. The van der Waals surface area contributed by atoms with Gasteiger partial charge in [-0.1, -0.05) is 49.7 Å². The SMILES string of the molecule is CC(C)C(NC(=O)NCCCc1nc2ccccc2[nH]1)c1ccc(Cl)cc1. The Labute approximate surface area is 164 Å². The summed E-state index contributed by atoms with van der Waals surface area (Å²) in [6.45, 7) is 4.76. The molecule has 1 unspecified atom stereocenters. The standard InChI is InChI=1S/C21H25ClN4O/c1-14(2)20(15-9-11-16(22)12-10-15)26-21(27)23-13-5-8-19-24-17-6-3-4-7-18(17)25-19/h3-4,6-7,9-12,14,20H,5,8,13H2,1-2H3,(H,24,25)(H2,23,26,27). The van der Waals surface area contributed by atoms with Crippen molar-refractivity contribution in [2.24, 2.45) is 5.92 Å². The van der Waals surface area contributed by atoms with Gasteiger partial charge in [0.15, 0.2) is 0 Å². The lowest BCUT2D eigenvalue weighted by Crippen LogP contribution is -2.40. The van der Waals surface area contributed by atoms with Crippen LogP contribution in [0, 0.1) is 5.92 Å². The minimum absolute atomic E-state index is 0.0577.